The molecule has 8 nitrogen and oxygen atoms in total. The van der Waals surface area contributed by atoms with Gasteiger partial charge in [-0.15, -0.1) is 0 Å². The summed E-state index contributed by atoms with van der Waals surface area (Å²) < 4.78 is 2.09. The van der Waals surface area contributed by atoms with Gasteiger partial charge in [0.15, 0.2) is 0 Å². The monoisotopic (exact) mass is 467 g/mol. The lowest BCUT2D eigenvalue weighted by atomic mass is 9.81. The number of fused-ring (bicyclic) bond motifs is 2. The number of anilines is 2. The molecule has 2 aliphatic carbocycles. The predicted molar refractivity (Wildman–Crippen MR) is 137 cm³/mol. The summed E-state index contributed by atoms with van der Waals surface area (Å²) in [5, 5.41) is 3.02. The van der Waals surface area contributed by atoms with Crippen LogP contribution in [0.15, 0.2) is 42.9 Å². The molecule has 4 aromatic rings. The fourth-order valence-corrected chi connectivity index (χ4v) is 5.40. The molecule has 35 heavy (non-hydrogen) atoms. The molecule has 0 radical (unpaired) electrons. The summed E-state index contributed by atoms with van der Waals surface area (Å²) in [5.74, 6) is 1.79. The van der Waals surface area contributed by atoms with Crippen molar-refractivity contribution in [1.82, 2.24) is 24.3 Å². The second-order valence-electron chi connectivity index (χ2n) is 9.63. The Bertz CT molecular complexity index is 1420. The van der Waals surface area contributed by atoms with Gasteiger partial charge < -0.3 is 16.0 Å². The summed E-state index contributed by atoms with van der Waals surface area (Å²) >= 11 is 0. The van der Waals surface area contributed by atoms with Crippen molar-refractivity contribution in [2.75, 3.05) is 11.1 Å². The first-order chi connectivity index (χ1) is 17.1. The van der Waals surface area contributed by atoms with Gasteiger partial charge >= 0.3 is 0 Å². The van der Waals surface area contributed by atoms with Gasteiger partial charge in [0.25, 0.3) is 0 Å². The number of imidazole rings is 1. The van der Waals surface area contributed by atoms with Crippen LogP contribution in [0.3, 0.4) is 0 Å². The molecular weight excluding hydrogens is 438 g/mol. The zero-order valence-corrected chi connectivity index (χ0v) is 19.8. The van der Waals surface area contributed by atoms with Crippen LogP contribution in [0.25, 0.3) is 23.0 Å². The van der Waals surface area contributed by atoms with Gasteiger partial charge in [0.1, 0.15) is 22.9 Å². The molecule has 0 aliphatic heterocycles. The average Bonchev–Trinajstić information content (AvgIpc) is 3.48. The molecule has 4 heterocycles. The molecule has 1 amide bonds. The third-order valence-corrected chi connectivity index (χ3v) is 7.30. The van der Waals surface area contributed by atoms with Gasteiger partial charge in [0.05, 0.1) is 17.6 Å². The van der Waals surface area contributed by atoms with E-state index in [1.807, 2.05) is 25.3 Å². The Balaban J connectivity index is 1.24. The minimum absolute atomic E-state index is 0.00750. The molecule has 0 spiro atoms. The molecule has 0 atom stereocenters. The van der Waals surface area contributed by atoms with Crippen LogP contribution in [0.1, 0.15) is 60.8 Å². The van der Waals surface area contributed by atoms with E-state index in [9.17, 15) is 4.79 Å². The standard InChI is InChI=1S/C27H29N7O/c1-16-6-11-20(15-30-16)31-27(35)18-9-7-17(8-10-18)26-33-23(24-25(28)29-12-13-34(24)26)22-14-19-4-2-3-5-21(19)32-22/h2,4,6,11-15,17-18,32H,3,5,7-10H2,1H3,(H2,28,29)(H,31,35). The van der Waals surface area contributed by atoms with Crippen molar-refractivity contribution >= 4 is 29.0 Å². The molecule has 1 saturated carbocycles. The van der Waals surface area contributed by atoms with Gasteiger partial charge in [-0.2, -0.15) is 0 Å². The van der Waals surface area contributed by atoms with Crippen LogP contribution in [0.5, 0.6) is 0 Å². The Morgan fingerprint density at radius 2 is 2.06 bits per heavy atom. The number of hydrogen-bond acceptors (Lipinski definition) is 5. The van der Waals surface area contributed by atoms with Gasteiger partial charge in [-0.05, 0) is 69.2 Å². The van der Waals surface area contributed by atoms with Gasteiger partial charge in [0.2, 0.25) is 5.91 Å². The average molecular weight is 468 g/mol. The van der Waals surface area contributed by atoms with Gasteiger partial charge in [-0.25, -0.2) is 9.97 Å². The van der Waals surface area contributed by atoms with E-state index in [4.69, 9.17) is 10.7 Å². The number of rotatable bonds is 4. The van der Waals surface area contributed by atoms with E-state index in [1.54, 1.807) is 12.4 Å². The fraction of sp³-hybridized carbons (Fsp3) is 0.333. The number of H-pyrrole nitrogens is 1. The van der Waals surface area contributed by atoms with Crippen LogP contribution in [0.2, 0.25) is 0 Å². The molecule has 0 saturated heterocycles. The quantitative estimate of drug-likeness (QED) is 0.396. The molecule has 6 rings (SSSR count). The topological polar surface area (TPSA) is 114 Å². The predicted octanol–water partition coefficient (Wildman–Crippen LogP) is 4.88. The largest absolute Gasteiger partial charge is 0.382 e. The molecule has 2 aliphatic rings. The van der Waals surface area contributed by atoms with Crippen molar-refractivity contribution in [3.63, 3.8) is 0 Å². The van der Waals surface area contributed by atoms with E-state index in [0.717, 1.165) is 72.6 Å². The fourth-order valence-electron chi connectivity index (χ4n) is 5.40. The maximum absolute atomic E-state index is 12.8. The summed E-state index contributed by atoms with van der Waals surface area (Å²) in [5.41, 5.74) is 13.1. The zero-order valence-electron chi connectivity index (χ0n) is 19.8. The molecule has 178 valence electrons. The number of nitrogens with zero attached hydrogens (tertiary/aromatic N) is 4. The van der Waals surface area contributed by atoms with Crippen molar-refractivity contribution < 1.29 is 4.79 Å². The number of carbonyl (C=O) groups excluding carboxylic acids is 1. The Labute approximate surface area is 203 Å². The molecule has 4 N–H and O–H groups in total. The maximum Gasteiger partial charge on any atom is 0.227 e. The lowest BCUT2D eigenvalue weighted by molar-refractivity contribution is -0.120. The highest BCUT2D eigenvalue weighted by atomic mass is 16.1. The molecule has 0 bridgehead atoms. The third kappa shape index (κ3) is 3.99. The number of carbonyl (C=O) groups is 1. The maximum atomic E-state index is 12.8. The van der Waals surface area contributed by atoms with E-state index in [1.165, 1.54) is 11.3 Å². The number of amides is 1. The highest BCUT2D eigenvalue weighted by Gasteiger charge is 2.31. The summed E-state index contributed by atoms with van der Waals surface area (Å²) in [6.45, 7) is 1.93. The van der Waals surface area contributed by atoms with Crippen molar-refractivity contribution in [2.45, 2.75) is 51.4 Å². The molecule has 1 fully saturated rings. The number of nitrogens with one attached hydrogen (secondary N) is 2. The Morgan fingerprint density at radius 1 is 1.20 bits per heavy atom. The molecule has 0 unspecified atom stereocenters. The summed E-state index contributed by atoms with van der Waals surface area (Å²) in [6, 6.07) is 5.96. The number of nitrogen functional groups attached to an aromatic ring is 1. The van der Waals surface area contributed by atoms with Crippen LogP contribution in [-0.4, -0.2) is 30.2 Å². The SMILES string of the molecule is Cc1ccc(NC(=O)C2CCC(c3nc(-c4cc5c([nH]4)CCC=C5)c4c(N)nccn34)CC2)cn1. The van der Waals surface area contributed by atoms with E-state index in [2.05, 4.69) is 42.9 Å². The third-order valence-electron chi connectivity index (χ3n) is 7.30. The first-order valence-electron chi connectivity index (χ1n) is 12.3. The van der Waals surface area contributed by atoms with E-state index in [-0.39, 0.29) is 17.7 Å². The van der Waals surface area contributed by atoms with Crippen LogP contribution >= 0.6 is 0 Å². The van der Waals surface area contributed by atoms with Crippen molar-refractivity contribution in [2.24, 2.45) is 5.92 Å². The number of aryl methyl sites for hydroxylation is 2. The zero-order chi connectivity index (χ0) is 23.9. The van der Waals surface area contributed by atoms with Crippen LogP contribution in [0.4, 0.5) is 11.5 Å². The second-order valence-corrected chi connectivity index (χ2v) is 9.63. The van der Waals surface area contributed by atoms with Crippen molar-refractivity contribution in [1.29, 1.82) is 0 Å². The lowest BCUT2D eigenvalue weighted by Crippen LogP contribution is -2.27. The normalized spacial score (nSPS) is 19.6. The van der Waals surface area contributed by atoms with E-state index < -0.39 is 0 Å². The number of nitrogens with two attached hydrogens (primary N) is 1. The van der Waals surface area contributed by atoms with Gasteiger partial charge in [-0.1, -0.05) is 12.2 Å². The van der Waals surface area contributed by atoms with Crippen LogP contribution < -0.4 is 11.1 Å². The smallest absolute Gasteiger partial charge is 0.227 e. The Hall–Kier alpha value is -3.94. The summed E-state index contributed by atoms with van der Waals surface area (Å²) in [4.78, 5) is 30.1. The Morgan fingerprint density at radius 3 is 2.83 bits per heavy atom. The lowest BCUT2D eigenvalue weighted by Gasteiger charge is -2.27. The number of allylic oxidation sites excluding steroid dienone is 1. The molecule has 0 aromatic carbocycles. The Kier molecular flexibility index (Phi) is 5.36. The number of pyridine rings is 1. The first-order valence-corrected chi connectivity index (χ1v) is 12.3. The van der Waals surface area contributed by atoms with Crippen molar-refractivity contribution in [3.05, 3.63) is 65.6 Å². The van der Waals surface area contributed by atoms with Crippen LogP contribution in [0, 0.1) is 12.8 Å². The van der Waals surface area contributed by atoms with Crippen LogP contribution in [-0.2, 0) is 11.2 Å². The first kappa shape index (κ1) is 21.6. The highest BCUT2D eigenvalue weighted by Crippen LogP contribution is 2.39. The minimum Gasteiger partial charge on any atom is -0.382 e. The van der Waals surface area contributed by atoms with Gasteiger partial charge in [-0.3, -0.25) is 14.2 Å². The number of hydrogen-bond donors (Lipinski definition) is 3. The van der Waals surface area contributed by atoms with Gasteiger partial charge in [0, 0.05) is 35.6 Å². The number of aromatic nitrogens is 5. The van der Waals surface area contributed by atoms with E-state index in [0.29, 0.717) is 5.82 Å². The van der Waals surface area contributed by atoms with E-state index >= 15 is 0 Å². The summed E-state index contributed by atoms with van der Waals surface area (Å²) in [6.07, 6.45) is 15.2. The molecule has 8 heteroatoms. The van der Waals surface area contributed by atoms with Crippen molar-refractivity contribution in [3.8, 4) is 11.4 Å². The summed E-state index contributed by atoms with van der Waals surface area (Å²) in [7, 11) is 0. The number of aromatic amines is 1. The molecule has 4 aromatic heterocycles. The second kappa shape index (κ2) is 8.69. The minimum atomic E-state index is -0.00750. The highest BCUT2D eigenvalue weighted by molar-refractivity contribution is 5.92. The molecular formula is C27H29N7O.